The average molecular weight is 301 g/mol. The van der Waals surface area contributed by atoms with E-state index in [1.165, 1.54) is 5.69 Å². The molecule has 0 spiro atoms. The van der Waals surface area contributed by atoms with Crippen molar-refractivity contribution in [3.63, 3.8) is 0 Å². The molecule has 2 saturated heterocycles. The molecule has 2 fully saturated rings. The second-order valence-electron chi connectivity index (χ2n) is 6.34. The molecular formula is C16H23N5O. The van der Waals surface area contributed by atoms with E-state index >= 15 is 0 Å². The van der Waals surface area contributed by atoms with E-state index in [9.17, 15) is 0 Å². The number of likely N-dealkylation sites (tertiary alicyclic amines) is 1. The molecule has 0 radical (unpaired) electrons. The maximum Gasteiger partial charge on any atom is 0.155 e. The van der Waals surface area contributed by atoms with Gasteiger partial charge in [0.1, 0.15) is 0 Å². The number of pyridine rings is 1. The zero-order valence-electron chi connectivity index (χ0n) is 13.1. The Morgan fingerprint density at radius 1 is 1.09 bits per heavy atom. The fourth-order valence-corrected chi connectivity index (χ4v) is 3.34. The molecule has 4 rings (SSSR count). The first-order valence-corrected chi connectivity index (χ1v) is 8.17. The summed E-state index contributed by atoms with van der Waals surface area (Å²) in [5.74, 6) is 1.51. The summed E-state index contributed by atoms with van der Waals surface area (Å²) in [6.45, 7) is 5.77. The fourth-order valence-electron chi connectivity index (χ4n) is 3.34. The Morgan fingerprint density at radius 2 is 1.86 bits per heavy atom. The minimum absolute atomic E-state index is 0.503. The average Bonchev–Trinajstić information content (AvgIpc) is 2.99. The lowest BCUT2D eigenvalue weighted by molar-refractivity contribution is 0.122. The van der Waals surface area contributed by atoms with Crippen molar-refractivity contribution in [2.45, 2.75) is 18.8 Å². The largest absolute Gasteiger partial charge is 0.378 e. The van der Waals surface area contributed by atoms with E-state index in [1.807, 2.05) is 4.52 Å². The van der Waals surface area contributed by atoms with Crippen LogP contribution in [0.4, 0.5) is 5.69 Å². The molecule has 6 heteroatoms. The van der Waals surface area contributed by atoms with Crippen molar-refractivity contribution < 1.29 is 4.74 Å². The molecule has 118 valence electrons. The number of fused-ring (bicyclic) bond motifs is 1. The molecule has 0 aliphatic carbocycles. The Hall–Kier alpha value is -1.66. The van der Waals surface area contributed by atoms with Gasteiger partial charge in [0, 0.05) is 19.0 Å². The first-order chi connectivity index (χ1) is 10.8. The maximum atomic E-state index is 5.42. The van der Waals surface area contributed by atoms with E-state index in [1.54, 1.807) is 0 Å². The van der Waals surface area contributed by atoms with Gasteiger partial charge in [-0.15, -0.1) is 0 Å². The van der Waals surface area contributed by atoms with Gasteiger partial charge in [0.15, 0.2) is 11.5 Å². The van der Waals surface area contributed by atoms with Gasteiger partial charge in [-0.2, -0.15) is 5.10 Å². The topological polar surface area (TPSA) is 45.9 Å². The molecular weight excluding hydrogens is 278 g/mol. The lowest BCUT2D eigenvalue weighted by Crippen LogP contribution is -2.36. The summed E-state index contributed by atoms with van der Waals surface area (Å²) in [5, 5.41) is 4.75. The number of ether oxygens (including phenoxy) is 1. The number of morpholine rings is 1. The maximum absolute atomic E-state index is 5.42. The van der Waals surface area contributed by atoms with Gasteiger partial charge in [0.2, 0.25) is 0 Å². The van der Waals surface area contributed by atoms with Crippen LogP contribution >= 0.6 is 0 Å². The second-order valence-corrected chi connectivity index (χ2v) is 6.34. The van der Waals surface area contributed by atoms with Crippen LogP contribution in [0.3, 0.4) is 0 Å². The van der Waals surface area contributed by atoms with Gasteiger partial charge in [-0.3, -0.25) is 0 Å². The Labute approximate surface area is 130 Å². The second kappa shape index (κ2) is 5.85. The highest BCUT2D eigenvalue weighted by molar-refractivity contribution is 5.51. The number of hydrogen-bond acceptors (Lipinski definition) is 5. The molecule has 0 saturated carbocycles. The van der Waals surface area contributed by atoms with E-state index in [-0.39, 0.29) is 0 Å². The van der Waals surface area contributed by atoms with E-state index in [0.29, 0.717) is 5.92 Å². The van der Waals surface area contributed by atoms with Crippen LogP contribution in [0.1, 0.15) is 24.6 Å². The van der Waals surface area contributed by atoms with Crippen LogP contribution in [-0.2, 0) is 4.74 Å². The Kier molecular flexibility index (Phi) is 3.72. The minimum atomic E-state index is 0.503. The molecule has 0 bridgehead atoms. The Bertz CT molecular complexity index is 641. The lowest BCUT2D eigenvalue weighted by atomic mass is 9.97. The summed E-state index contributed by atoms with van der Waals surface area (Å²) in [6, 6.07) is 4.23. The highest BCUT2D eigenvalue weighted by atomic mass is 16.5. The van der Waals surface area contributed by atoms with Crippen LogP contribution < -0.4 is 4.90 Å². The summed E-state index contributed by atoms with van der Waals surface area (Å²) in [7, 11) is 2.18. The molecule has 0 atom stereocenters. The molecule has 2 aliphatic rings. The molecule has 0 unspecified atom stereocenters. The van der Waals surface area contributed by atoms with Crippen LogP contribution in [0.5, 0.6) is 0 Å². The van der Waals surface area contributed by atoms with Crippen LogP contribution in [0.2, 0.25) is 0 Å². The molecule has 0 aromatic carbocycles. The van der Waals surface area contributed by atoms with E-state index in [2.05, 4.69) is 35.2 Å². The molecule has 2 aromatic heterocycles. The van der Waals surface area contributed by atoms with Crippen molar-refractivity contribution in [1.82, 2.24) is 19.5 Å². The molecule has 2 aliphatic heterocycles. The van der Waals surface area contributed by atoms with Crippen molar-refractivity contribution >= 4 is 11.3 Å². The first-order valence-electron chi connectivity index (χ1n) is 8.17. The van der Waals surface area contributed by atoms with Gasteiger partial charge in [0.05, 0.1) is 25.1 Å². The van der Waals surface area contributed by atoms with Gasteiger partial charge in [-0.25, -0.2) is 9.50 Å². The number of rotatable bonds is 2. The zero-order valence-corrected chi connectivity index (χ0v) is 13.1. The zero-order chi connectivity index (χ0) is 14.9. The third kappa shape index (κ3) is 2.68. The van der Waals surface area contributed by atoms with Crippen LogP contribution in [0, 0.1) is 0 Å². The predicted molar refractivity (Wildman–Crippen MR) is 85.5 cm³/mol. The van der Waals surface area contributed by atoms with E-state index < -0.39 is 0 Å². The molecule has 4 heterocycles. The fraction of sp³-hybridized carbons (Fsp3) is 0.625. The van der Waals surface area contributed by atoms with Crippen LogP contribution in [0.25, 0.3) is 5.65 Å². The lowest BCUT2D eigenvalue weighted by Gasteiger charge is -2.28. The number of anilines is 1. The van der Waals surface area contributed by atoms with Crippen molar-refractivity contribution in [2.24, 2.45) is 0 Å². The van der Waals surface area contributed by atoms with Gasteiger partial charge in [-0.1, -0.05) is 0 Å². The van der Waals surface area contributed by atoms with Crippen molar-refractivity contribution in [1.29, 1.82) is 0 Å². The van der Waals surface area contributed by atoms with E-state index in [4.69, 9.17) is 14.8 Å². The standard InChI is InChI=1S/C16H23N5O/c1-19-6-4-13(5-7-19)16-17-15-3-2-14(12-21(15)18-16)20-8-10-22-11-9-20/h2-3,12-13H,4-11H2,1H3. The normalized spacial score (nSPS) is 21.6. The summed E-state index contributed by atoms with van der Waals surface area (Å²) in [5.41, 5.74) is 2.15. The Morgan fingerprint density at radius 3 is 2.64 bits per heavy atom. The summed E-state index contributed by atoms with van der Waals surface area (Å²) in [6.07, 6.45) is 4.42. The third-order valence-corrected chi connectivity index (χ3v) is 4.79. The first kappa shape index (κ1) is 14.0. The highest BCUT2D eigenvalue weighted by Gasteiger charge is 2.22. The Balaban J connectivity index is 1.58. The molecule has 2 aromatic rings. The van der Waals surface area contributed by atoms with Crippen LogP contribution in [0.15, 0.2) is 18.3 Å². The SMILES string of the molecule is CN1CCC(c2nc3ccc(N4CCOCC4)cn3n2)CC1. The highest BCUT2D eigenvalue weighted by Crippen LogP contribution is 2.26. The summed E-state index contributed by atoms with van der Waals surface area (Å²) in [4.78, 5) is 9.46. The van der Waals surface area contributed by atoms with Crippen molar-refractivity contribution in [2.75, 3.05) is 51.3 Å². The quantitative estimate of drug-likeness (QED) is 0.838. The minimum Gasteiger partial charge on any atom is -0.378 e. The van der Waals surface area contributed by atoms with Gasteiger partial charge in [-0.05, 0) is 45.1 Å². The number of piperidine rings is 1. The van der Waals surface area contributed by atoms with E-state index in [0.717, 1.165) is 63.7 Å². The molecule has 22 heavy (non-hydrogen) atoms. The third-order valence-electron chi connectivity index (χ3n) is 4.79. The summed E-state index contributed by atoms with van der Waals surface area (Å²) >= 11 is 0. The number of hydrogen-bond donors (Lipinski definition) is 0. The number of nitrogens with zero attached hydrogens (tertiary/aromatic N) is 5. The molecule has 0 amide bonds. The van der Waals surface area contributed by atoms with Gasteiger partial charge < -0.3 is 14.5 Å². The van der Waals surface area contributed by atoms with Crippen molar-refractivity contribution in [3.8, 4) is 0 Å². The smallest absolute Gasteiger partial charge is 0.155 e. The summed E-state index contributed by atoms with van der Waals surface area (Å²) < 4.78 is 7.36. The molecule has 6 nitrogen and oxygen atoms in total. The predicted octanol–water partition coefficient (Wildman–Crippen LogP) is 1.38. The van der Waals surface area contributed by atoms with Gasteiger partial charge >= 0.3 is 0 Å². The van der Waals surface area contributed by atoms with Crippen molar-refractivity contribution in [3.05, 3.63) is 24.2 Å². The van der Waals surface area contributed by atoms with Gasteiger partial charge in [0.25, 0.3) is 0 Å². The number of aromatic nitrogens is 3. The monoisotopic (exact) mass is 301 g/mol. The van der Waals surface area contributed by atoms with Crippen LogP contribution in [-0.4, -0.2) is 65.9 Å². The molecule has 0 N–H and O–H groups in total.